The van der Waals surface area contributed by atoms with E-state index < -0.39 is 0 Å². The van der Waals surface area contributed by atoms with Crippen molar-refractivity contribution >= 4 is 11.7 Å². The lowest BCUT2D eigenvalue weighted by Gasteiger charge is -2.48. The molecule has 6 nitrogen and oxygen atoms in total. The highest BCUT2D eigenvalue weighted by atomic mass is 16.5. The van der Waals surface area contributed by atoms with Gasteiger partial charge in [0.25, 0.3) is 0 Å². The number of hydrogen-bond acceptors (Lipinski definition) is 4. The first-order valence-corrected chi connectivity index (χ1v) is 10.3. The molecule has 2 N–H and O–H groups in total. The molecule has 3 heterocycles. The molecule has 2 saturated heterocycles. The van der Waals surface area contributed by atoms with Gasteiger partial charge in [0.05, 0.1) is 19.4 Å². The molecule has 150 valence electrons. The summed E-state index contributed by atoms with van der Waals surface area (Å²) < 4.78 is 11.0. The number of urea groups is 1. The van der Waals surface area contributed by atoms with E-state index in [1.54, 1.807) is 6.26 Å². The number of fused-ring (bicyclic) bond motifs is 2. The van der Waals surface area contributed by atoms with Crippen molar-refractivity contribution in [3.8, 4) is 5.75 Å². The molecule has 2 bridgehead atoms. The van der Waals surface area contributed by atoms with Gasteiger partial charge in [0.1, 0.15) is 11.5 Å². The van der Waals surface area contributed by atoms with Crippen LogP contribution in [-0.4, -0.2) is 35.7 Å². The fourth-order valence-electron chi connectivity index (χ4n) is 4.59. The Morgan fingerprint density at radius 1 is 1.18 bits per heavy atom. The van der Waals surface area contributed by atoms with Crippen molar-refractivity contribution in [3.63, 3.8) is 0 Å². The van der Waals surface area contributed by atoms with Gasteiger partial charge < -0.3 is 19.8 Å². The van der Waals surface area contributed by atoms with Gasteiger partial charge in [0, 0.05) is 23.8 Å². The lowest BCUT2D eigenvalue weighted by molar-refractivity contribution is 0.0150. The molecule has 2 aliphatic heterocycles. The number of ether oxygens (including phenoxy) is 1. The second kappa shape index (κ2) is 8.69. The molecule has 0 radical (unpaired) electrons. The van der Waals surface area contributed by atoms with Crippen LogP contribution in [0.2, 0.25) is 0 Å². The van der Waals surface area contributed by atoms with Crippen LogP contribution in [0.4, 0.5) is 10.5 Å². The van der Waals surface area contributed by atoms with Gasteiger partial charge in [0.15, 0.2) is 0 Å². The molecule has 1 aromatic heterocycles. The first-order chi connectivity index (χ1) is 13.7. The normalized spacial score (nSPS) is 24.5. The lowest BCUT2D eigenvalue weighted by Crippen LogP contribution is -2.56. The van der Waals surface area contributed by atoms with Crippen molar-refractivity contribution in [2.75, 3.05) is 11.9 Å². The van der Waals surface area contributed by atoms with Crippen LogP contribution < -0.4 is 15.4 Å². The summed E-state index contributed by atoms with van der Waals surface area (Å²) in [6.07, 6.45) is 7.38. The number of furan rings is 1. The fourth-order valence-corrected chi connectivity index (χ4v) is 4.59. The molecule has 0 aliphatic carbocycles. The van der Waals surface area contributed by atoms with Gasteiger partial charge in [-0.05, 0) is 69.0 Å². The van der Waals surface area contributed by atoms with Crippen LogP contribution in [0.25, 0.3) is 0 Å². The van der Waals surface area contributed by atoms with Gasteiger partial charge in [-0.2, -0.15) is 0 Å². The Morgan fingerprint density at radius 2 is 1.93 bits per heavy atom. The summed E-state index contributed by atoms with van der Waals surface area (Å²) in [6, 6.07) is 12.6. The van der Waals surface area contributed by atoms with Crippen LogP contribution in [0, 0.1) is 0 Å². The predicted molar refractivity (Wildman–Crippen MR) is 108 cm³/mol. The second-order valence-electron chi connectivity index (χ2n) is 7.71. The maximum Gasteiger partial charge on any atom is 0.319 e. The Morgan fingerprint density at radius 3 is 2.57 bits per heavy atom. The number of rotatable bonds is 6. The van der Waals surface area contributed by atoms with Crippen LogP contribution >= 0.6 is 0 Å². The second-order valence-corrected chi connectivity index (χ2v) is 7.71. The van der Waals surface area contributed by atoms with Crippen LogP contribution in [0.3, 0.4) is 0 Å². The SMILES string of the molecule is CCOc1ccc(NC(=O)NC2C[C@@H]3CCC[C@@H](C2)N3Cc2ccco2)cc1. The minimum Gasteiger partial charge on any atom is -0.494 e. The van der Waals surface area contributed by atoms with E-state index in [-0.39, 0.29) is 12.1 Å². The van der Waals surface area contributed by atoms with Crippen LogP contribution in [-0.2, 0) is 6.54 Å². The molecule has 1 aromatic carbocycles. The molecule has 2 amide bonds. The average Bonchev–Trinajstić information content (AvgIpc) is 3.17. The zero-order valence-electron chi connectivity index (χ0n) is 16.4. The number of anilines is 1. The van der Waals surface area contributed by atoms with E-state index in [0.29, 0.717) is 18.7 Å². The Hall–Kier alpha value is -2.47. The Kier molecular flexibility index (Phi) is 5.86. The molecule has 2 fully saturated rings. The van der Waals surface area contributed by atoms with E-state index in [1.807, 2.05) is 43.3 Å². The van der Waals surface area contributed by atoms with E-state index >= 15 is 0 Å². The third-order valence-corrected chi connectivity index (χ3v) is 5.80. The molecule has 2 atom stereocenters. The monoisotopic (exact) mass is 383 g/mol. The van der Waals surface area contributed by atoms with Crippen molar-refractivity contribution in [3.05, 3.63) is 48.4 Å². The number of carbonyl (C=O) groups is 1. The quantitative estimate of drug-likeness (QED) is 0.777. The number of carbonyl (C=O) groups excluding carboxylic acids is 1. The van der Waals surface area contributed by atoms with Gasteiger partial charge in [-0.3, -0.25) is 4.90 Å². The molecular formula is C22H29N3O3. The van der Waals surface area contributed by atoms with Crippen LogP contribution in [0.5, 0.6) is 5.75 Å². The van der Waals surface area contributed by atoms with Crippen LogP contribution in [0.1, 0.15) is 44.8 Å². The zero-order valence-corrected chi connectivity index (χ0v) is 16.4. The van der Waals surface area contributed by atoms with Gasteiger partial charge in [-0.15, -0.1) is 0 Å². The van der Waals surface area contributed by atoms with Crippen molar-refractivity contribution in [1.29, 1.82) is 0 Å². The minimum atomic E-state index is -0.133. The third-order valence-electron chi connectivity index (χ3n) is 5.80. The third kappa shape index (κ3) is 4.50. The molecule has 0 unspecified atom stereocenters. The molecule has 28 heavy (non-hydrogen) atoms. The largest absolute Gasteiger partial charge is 0.494 e. The van der Waals surface area contributed by atoms with Gasteiger partial charge in [0.2, 0.25) is 0 Å². The molecular weight excluding hydrogens is 354 g/mol. The smallest absolute Gasteiger partial charge is 0.319 e. The zero-order chi connectivity index (χ0) is 19.3. The van der Waals surface area contributed by atoms with Gasteiger partial charge in [-0.25, -0.2) is 4.79 Å². The summed E-state index contributed by atoms with van der Waals surface area (Å²) in [4.78, 5) is 15.0. The Labute approximate surface area is 166 Å². The summed E-state index contributed by atoms with van der Waals surface area (Å²) in [7, 11) is 0. The fraction of sp³-hybridized carbons (Fsp3) is 0.500. The summed E-state index contributed by atoms with van der Waals surface area (Å²) in [6.45, 7) is 3.45. The van der Waals surface area contributed by atoms with E-state index in [0.717, 1.165) is 36.6 Å². The first-order valence-electron chi connectivity index (χ1n) is 10.3. The molecule has 0 spiro atoms. The van der Waals surface area contributed by atoms with E-state index in [9.17, 15) is 4.79 Å². The summed E-state index contributed by atoms with van der Waals surface area (Å²) >= 11 is 0. The highest BCUT2D eigenvalue weighted by Gasteiger charge is 2.38. The number of benzene rings is 1. The Bertz CT molecular complexity index is 746. The molecule has 6 heteroatoms. The Balaban J connectivity index is 1.31. The number of amides is 2. The number of nitrogens with one attached hydrogen (secondary N) is 2. The predicted octanol–water partition coefficient (Wildman–Crippen LogP) is 4.39. The van der Waals surface area contributed by atoms with E-state index in [1.165, 1.54) is 19.3 Å². The first kappa shape index (κ1) is 18.9. The maximum atomic E-state index is 12.5. The summed E-state index contributed by atoms with van der Waals surface area (Å²) in [5.74, 6) is 1.83. The number of piperidine rings is 2. The minimum absolute atomic E-state index is 0.133. The number of hydrogen-bond donors (Lipinski definition) is 2. The topological polar surface area (TPSA) is 66.7 Å². The average molecular weight is 383 g/mol. The van der Waals surface area contributed by atoms with Gasteiger partial charge in [-0.1, -0.05) is 6.42 Å². The highest BCUT2D eigenvalue weighted by Crippen LogP contribution is 2.35. The molecule has 0 saturated carbocycles. The standard InChI is InChI=1S/C22H29N3O3/c1-2-27-20-10-8-16(9-11-20)23-22(26)24-17-13-18-5-3-6-19(14-17)25(18)15-21-7-4-12-28-21/h4,7-12,17-19H,2-3,5-6,13-15H2,1H3,(H2,23,24,26)/t18-,19-/m0/s1. The van der Waals surface area contributed by atoms with Crippen molar-refractivity contribution < 1.29 is 13.9 Å². The maximum absolute atomic E-state index is 12.5. The van der Waals surface area contributed by atoms with Crippen molar-refractivity contribution in [2.45, 2.75) is 63.7 Å². The van der Waals surface area contributed by atoms with E-state index in [4.69, 9.17) is 9.15 Å². The summed E-state index contributed by atoms with van der Waals surface area (Å²) in [5.41, 5.74) is 0.774. The van der Waals surface area contributed by atoms with Crippen LogP contribution in [0.15, 0.2) is 47.1 Å². The van der Waals surface area contributed by atoms with Crippen molar-refractivity contribution in [1.82, 2.24) is 10.2 Å². The van der Waals surface area contributed by atoms with Gasteiger partial charge >= 0.3 is 6.03 Å². The van der Waals surface area contributed by atoms with Crippen molar-refractivity contribution in [2.24, 2.45) is 0 Å². The van der Waals surface area contributed by atoms with E-state index in [2.05, 4.69) is 15.5 Å². The number of nitrogens with zero attached hydrogens (tertiary/aromatic N) is 1. The molecule has 2 aliphatic rings. The summed E-state index contributed by atoms with van der Waals surface area (Å²) in [5, 5.41) is 6.12. The molecule has 2 aromatic rings. The lowest BCUT2D eigenvalue weighted by atomic mass is 9.81. The highest BCUT2D eigenvalue weighted by molar-refractivity contribution is 5.89. The molecule has 4 rings (SSSR count).